The van der Waals surface area contributed by atoms with Crippen LogP contribution < -0.4 is 5.43 Å². The highest BCUT2D eigenvalue weighted by molar-refractivity contribution is 5.57. The van der Waals surface area contributed by atoms with E-state index in [0.717, 1.165) is 0 Å². The van der Waals surface area contributed by atoms with Gasteiger partial charge in [0.15, 0.2) is 0 Å². The second-order valence-electron chi connectivity index (χ2n) is 2.53. The van der Waals surface area contributed by atoms with Crippen LogP contribution in [0.5, 0.6) is 0 Å². The summed E-state index contributed by atoms with van der Waals surface area (Å²) in [5.41, 5.74) is 2.95. The third kappa shape index (κ3) is 0.638. The summed E-state index contributed by atoms with van der Waals surface area (Å²) in [6.07, 6.45) is 1.78. The number of hydrazone groups is 1. The van der Waals surface area contributed by atoms with Gasteiger partial charge in [0.25, 0.3) is 0 Å². The molecule has 1 N–H and O–H groups in total. The van der Waals surface area contributed by atoms with Gasteiger partial charge in [0, 0.05) is 7.05 Å². The summed E-state index contributed by atoms with van der Waals surface area (Å²) in [6, 6.07) is 0. The van der Waals surface area contributed by atoms with Crippen molar-refractivity contribution in [3.05, 3.63) is 0 Å². The average molecular weight is 113 g/mol. The smallest absolute Gasteiger partial charge is 0.121 e. The summed E-state index contributed by atoms with van der Waals surface area (Å²) in [5.74, 6) is 0. The van der Waals surface area contributed by atoms with E-state index in [2.05, 4.69) is 24.4 Å². The molecule has 0 aromatic carbocycles. The van der Waals surface area contributed by atoms with E-state index >= 15 is 0 Å². The minimum atomic E-state index is 0.0139. The molecule has 1 rings (SSSR count). The van der Waals surface area contributed by atoms with Crippen LogP contribution in [-0.2, 0) is 0 Å². The number of hydrogen-bond acceptors (Lipinski definition) is 3. The van der Waals surface area contributed by atoms with Crippen molar-refractivity contribution in [2.75, 3.05) is 7.05 Å². The van der Waals surface area contributed by atoms with Crippen LogP contribution in [0.1, 0.15) is 13.8 Å². The highest BCUT2D eigenvalue weighted by Crippen LogP contribution is 2.08. The Morgan fingerprint density at radius 1 is 1.62 bits per heavy atom. The number of nitrogens with one attached hydrogen (secondary N) is 1. The molecule has 0 aliphatic carbocycles. The molecule has 3 nitrogen and oxygen atoms in total. The molecule has 0 aromatic heterocycles. The molecular weight excluding hydrogens is 102 g/mol. The zero-order valence-corrected chi connectivity index (χ0v) is 5.47. The van der Waals surface area contributed by atoms with Gasteiger partial charge in [-0.1, -0.05) is 0 Å². The molecule has 0 saturated carbocycles. The van der Waals surface area contributed by atoms with Crippen LogP contribution in [0.4, 0.5) is 0 Å². The van der Waals surface area contributed by atoms with Crippen LogP contribution >= 0.6 is 0 Å². The Morgan fingerprint density at radius 2 is 2.25 bits per heavy atom. The number of hydrogen-bond donors (Lipinski definition) is 1. The molecule has 0 amide bonds. The highest BCUT2D eigenvalue weighted by atomic mass is 15.5. The maximum absolute atomic E-state index is 3.87. The molecule has 0 bridgehead atoms. The van der Waals surface area contributed by atoms with Gasteiger partial charge in [-0.25, -0.2) is 0 Å². The van der Waals surface area contributed by atoms with Crippen molar-refractivity contribution < 1.29 is 0 Å². The van der Waals surface area contributed by atoms with Crippen LogP contribution in [0.25, 0.3) is 0 Å². The molecule has 3 heteroatoms. The van der Waals surface area contributed by atoms with E-state index in [4.69, 9.17) is 0 Å². The Hall–Kier alpha value is -0.730. The molecule has 46 valence electrons. The van der Waals surface area contributed by atoms with Crippen LogP contribution in [-0.4, -0.2) is 23.9 Å². The van der Waals surface area contributed by atoms with Crippen LogP contribution in [0.15, 0.2) is 5.10 Å². The van der Waals surface area contributed by atoms with Gasteiger partial charge in [0.05, 0.1) is 0 Å². The number of nitrogens with zero attached hydrogens (tertiary/aromatic N) is 2. The molecule has 0 radical (unpaired) electrons. The third-order valence-electron chi connectivity index (χ3n) is 1.45. The van der Waals surface area contributed by atoms with Crippen molar-refractivity contribution in [3.8, 4) is 0 Å². The molecule has 1 aliphatic heterocycles. The summed E-state index contributed by atoms with van der Waals surface area (Å²) >= 11 is 0. The predicted octanol–water partition coefficient (Wildman–Crippen LogP) is 0.201. The van der Waals surface area contributed by atoms with E-state index < -0.39 is 0 Å². The molecule has 0 saturated heterocycles. The van der Waals surface area contributed by atoms with Crippen molar-refractivity contribution in [1.29, 1.82) is 0 Å². The third-order valence-corrected chi connectivity index (χ3v) is 1.45. The minimum absolute atomic E-state index is 0.0139. The quantitative estimate of drug-likeness (QED) is 0.486. The van der Waals surface area contributed by atoms with Crippen LogP contribution in [0.3, 0.4) is 0 Å². The summed E-state index contributed by atoms with van der Waals surface area (Å²) < 4.78 is 0. The van der Waals surface area contributed by atoms with Gasteiger partial charge in [-0.05, 0) is 13.8 Å². The molecule has 0 fully saturated rings. The summed E-state index contributed by atoms with van der Waals surface area (Å²) in [5, 5.41) is 3.87. The first-order valence-electron chi connectivity index (χ1n) is 2.66. The Kier molecular flexibility index (Phi) is 0.927. The molecule has 8 heavy (non-hydrogen) atoms. The normalized spacial score (nSPS) is 23.6. The van der Waals surface area contributed by atoms with Gasteiger partial charge < -0.3 is 4.90 Å². The van der Waals surface area contributed by atoms with E-state index in [1.165, 1.54) is 0 Å². The highest BCUT2D eigenvalue weighted by Gasteiger charge is 2.23. The zero-order valence-electron chi connectivity index (χ0n) is 5.47. The molecular formula is C5H11N3. The van der Waals surface area contributed by atoms with Crippen LogP contribution in [0.2, 0.25) is 0 Å². The standard InChI is InChI=1S/C5H11N3/c1-5(2)7-6-4-8(5)3/h4,7H,1-3H3. The average Bonchev–Trinajstić information content (AvgIpc) is 1.86. The maximum Gasteiger partial charge on any atom is 0.121 e. The first kappa shape index (κ1) is 5.41. The topological polar surface area (TPSA) is 27.6 Å². The fourth-order valence-corrected chi connectivity index (χ4v) is 0.497. The minimum Gasteiger partial charge on any atom is -0.341 e. The maximum atomic E-state index is 3.87. The van der Waals surface area contributed by atoms with E-state index in [0.29, 0.717) is 0 Å². The van der Waals surface area contributed by atoms with Crippen molar-refractivity contribution in [3.63, 3.8) is 0 Å². The second-order valence-corrected chi connectivity index (χ2v) is 2.53. The van der Waals surface area contributed by atoms with Gasteiger partial charge in [0.2, 0.25) is 0 Å². The van der Waals surface area contributed by atoms with E-state index in [1.54, 1.807) is 6.34 Å². The first-order valence-corrected chi connectivity index (χ1v) is 2.66. The molecule has 0 unspecified atom stereocenters. The van der Waals surface area contributed by atoms with Gasteiger partial charge in [-0.3, -0.25) is 5.43 Å². The lowest BCUT2D eigenvalue weighted by atomic mass is 10.2. The lowest BCUT2D eigenvalue weighted by molar-refractivity contribution is 0.239. The number of rotatable bonds is 0. The van der Waals surface area contributed by atoms with Crippen molar-refractivity contribution in [2.24, 2.45) is 5.10 Å². The van der Waals surface area contributed by atoms with Gasteiger partial charge in [-0.15, -0.1) is 0 Å². The SMILES string of the molecule is CN1C=NNC1(C)C. The monoisotopic (exact) mass is 113 g/mol. The lowest BCUT2D eigenvalue weighted by Gasteiger charge is -2.26. The Balaban J connectivity index is 2.64. The second kappa shape index (κ2) is 1.37. The fraction of sp³-hybridized carbons (Fsp3) is 0.800. The first-order chi connectivity index (χ1) is 3.63. The summed E-state index contributed by atoms with van der Waals surface area (Å²) in [7, 11) is 1.99. The molecule has 1 aliphatic rings. The van der Waals surface area contributed by atoms with Gasteiger partial charge in [-0.2, -0.15) is 5.10 Å². The largest absolute Gasteiger partial charge is 0.341 e. The molecule has 0 atom stereocenters. The molecule has 0 spiro atoms. The predicted molar refractivity (Wildman–Crippen MR) is 33.5 cm³/mol. The van der Waals surface area contributed by atoms with E-state index in [-0.39, 0.29) is 5.66 Å². The van der Waals surface area contributed by atoms with Crippen molar-refractivity contribution in [2.45, 2.75) is 19.5 Å². The van der Waals surface area contributed by atoms with E-state index in [9.17, 15) is 0 Å². The lowest BCUT2D eigenvalue weighted by Crippen LogP contribution is -2.44. The van der Waals surface area contributed by atoms with Gasteiger partial charge >= 0.3 is 0 Å². The van der Waals surface area contributed by atoms with Crippen LogP contribution in [0, 0.1) is 0 Å². The zero-order chi connectivity index (χ0) is 6.20. The molecule has 1 heterocycles. The Labute approximate surface area is 49.4 Å². The summed E-state index contributed by atoms with van der Waals surface area (Å²) in [4.78, 5) is 2.02. The van der Waals surface area contributed by atoms with Gasteiger partial charge in [0.1, 0.15) is 12.0 Å². The Morgan fingerprint density at radius 3 is 2.38 bits per heavy atom. The van der Waals surface area contributed by atoms with Crippen molar-refractivity contribution in [1.82, 2.24) is 10.3 Å². The molecule has 0 aromatic rings. The fourth-order valence-electron chi connectivity index (χ4n) is 0.497. The Bertz CT molecular complexity index is 117. The van der Waals surface area contributed by atoms with E-state index in [1.807, 2.05) is 11.9 Å². The summed E-state index contributed by atoms with van der Waals surface area (Å²) in [6.45, 7) is 4.14. The van der Waals surface area contributed by atoms with Crippen molar-refractivity contribution >= 4 is 6.34 Å².